The molecule has 0 radical (unpaired) electrons. The van der Waals surface area contributed by atoms with E-state index in [1.807, 2.05) is 13.8 Å². The number of amides is 1. The molecule has 0 saturated carbocycles. The molecular formula is C13H20BrN3O. The van der Waals surface area contributed by atoms with Gasteiger partial charge in [0.15, 0.2) is 0 Å². The molecule has 0 aromatic carbocycles. The molecule has 4 nitrogen and oxygen atoms in total. The minimum atomic E-state index is -0.158. The first-order valence-corrected chi connectivity index (χ1v) is 7.11. The molecule has 1 rings (SSSR count). The summed E-state index contributed by atoms with van der Waals surface area (Å²) in [6, 6.07) is -0.158. The summed E-state index contributed by atoms with van der Waals surface area (Å²) >= 11 is 3.28. The van der Waals surface area contributed by atoms with Gasteiger partial charge in [-0.05, 0) is 29.3 Å². The van der Waals surface area contributed by atoms with Crippen molar-refractivity contribution >= 4 is 21.8 Å². The smallest absolute Gasteiger partial charge is 0.223 e. The second kappa shape index (κ2) is 7.46. The number of unbranched alkanes of at least 4 members (excludes halogenated alkanes) is 1. The number of nitrogens with zero attached hydrogens (tertiary/aromatic N) is 2. The van der Waals surface area contributed by atoms with Crippen LogP contribution in [0.15, 0.2) is 16.9 Å². The standard InChI is InChI=1S/C13H20BrN3O/c1-4-5-6-9(2)13(18)17-10(3)12-15-7-11(14)8-16-12/h7-10H,4-6H2,1-3H3,(H,17,18)/t9-,10+/m1/s1. The van der Waals surface area contributed by atoms with Gasteiger partial charge >= 0.3 is 0 Å². The van der Waals surface area contributed by atoms with Gasteiger partial charge < -0.3 is 5.32 Å². The Hall–Kier alpha value is -0.970. The molecule has 1 heterocycles. The van der Waals surface area contributed by atoms with Gasteiger partial charge in [-0.1, -0.05) is 26.7 Å². The Morgan fingerprint density at radius 1 is 1.39 bits per heavy atom. The topological polar surface area (TPSA) is 54.9 Å². The largest absolute Gasteiger partial charge is 0.346 e. The van der Waals surface area contributed by atoms with Crippen LogP contribution in [0.4, 0.5) is 0 Å². The molecule has 1 aromatic rings. The minimum Gasteiger partial charge on any atom is -0.346 e. The maximum atomic E-state index is 11.9. The van der Waals surface area contributed by atoms with E-state index in [0.717, 1.165) is 23.7 Å². The lowest BCUT2D eigenvalue weighted by Crippen LogP contribution is -2.32. The molecule has 1 amide bonds. The van der Waals surface area contributed by atoms with Crippen LogP contribution >= 0.6 is 15.9 Å². The lowest BCUT2D eigenvalue weighted by atomic mass is 10.0. The Balaban J connectivity index is 2.51. The van der Waals surface area contributed by atoms with Crippen LogP contribution in [0.3, 0.4) is 0 Å². The zero-order chi connectivity index (χ0) is 13.5. The summed E-state index contributed by atoms with van der Waals surface area (Å²) in [5, 5.41) is 2.95. The summed E-state index contributed by atoms with van der Waals surface area (Å²) < 4.78 is 0.834. The van der Waals surface area contributed by atoms with Gasteiger partial charge in [-0.15, -0.1) is 0 Å². The SMILES string of the molecule is CCCC[C@@H](C)C(=O)N[C@@H](C)c1ncc(Br)cn1. The Bertz CT molecular complexity index is 380. The van der Waals surface area contributed by atoms with Crippen LogP contribution in [0.5, 0.6) is 0 Å². The van der Waals surface area contributed by atoms with Crippen molar-refractivity contribution < 1.29 is 4.79 Å². The molecule has 5 heteroatoms. The van der Waals surface area contributed by atoms with Crippen LogP contribution in [-0.4, -0.2) is 15.9 Å². The summed E-state index contributed by atoms with van der Waals surface area (Å²) in [5.74, 6) is 0.750. The first-order chi connectivity index (χ1) is 8.54. The van der Waals surface area contributed by atoms with Crippen molar-refractivity contribution in [1.82, 2.24) is 15.3 Å². The molecule has 1 aromatic heterocycles. The van der Waals surface area contributed by atoms with E-state index >= 15 is 0 Å². The quantitative estimate of drug-likeness (QED) is 0.877. The van der Waals surface area contributed by atoms with Crippen LogP contribution in [-0.2, 0) is 4.79 Å². The molecule has 0 unspecified atom stereocenters. The predicted molar refractivity (Wildman–Crippen MR) is 75.0 cm³/mol. The highest BCUT2D eigenvalue weighted by Crippen LogP contribution is 2.13. The van der Waals surface area contributed by atoms with E-state index in [0.29, 0.717) is 5.82 Å². The minimum absolute atomic E-state index is 0.0443. The normalized spacial score (nSPS) is 14.0. The molecule has 0 aliphatic carbocycles. The van der Waals surface area contributed by atoms with Gasteiger partial charge in [0.05, 0.1) is 10.5 Å². The van der Waals surface area contributed by atoms with Crippen molar-refractivity contribution in [3.05, 3.63) is 22.7 Å². The van der Waals surface area contributed by atoms with E-state index in [4.69, 9.17) is 0 Å². The molecule has 18 heavy (non-hydrogen) atoms. The van der Waals surface area contributed by atoms with Crippen molar-refractivity contribution in [3.8, 4) is 0 Å². The summed E-state index contributed by atoms with van der Waals surface area (Å²) in [5.41, 5.74) is 0. The third-order valence-electron chi connectivity index (χ3n) is 2.82. The van der Waals surface area contributed by atoms with E-state index in [1.165, 1.54) is 0 Å². The number of carbonyl (C=O) groups is 1. The van der Waals surface area contributed by atoms with E-state index in [2.05, 4.69) is 38.1 Å². The highest BCUT2D eigenvalue weighted by atomic mass is 79.9. The lowest BCUT2D eigenvalue weighted by Gasteiger charge is -2.16. The summed E-state index contributed by atoms with van der Waals surface area (Å²) in [6.45, 7) is 5.98. The fourth-order valence-corrected chi connectivity index (χ4v) is 1.81. The van der Waals surface area contributed by atoms with Crippen LogP contribution in [0.1, 0.15) is 51.9 Å². The van der Waals surface area contributed by atoms with E-state index in [1.54, 1.807) is 12.4 Å². The first-order valence-electron chi connectivity index (χ1n) is 6.32. The van der Waals surface area contributed by atoms with Gasteiger partial charge in [0.2, 0.25) is 5.91 Å². The maximum absolute atomic E-state index is 11.9. The van der Waals surface area contributed by atoms with Gasteiger partial charge in [0, 0.05) is 18.3 Å². The third kappa shape index (κ3) is 4.72. The highest BCUT2D eigenvalue weighted by Gasteiger charge is 2.16. The number of rotatable bonds is 6. The second-order valence-corrected chi connectivity index (χ2v) is 5.45. The molecule has 0 bridgehead atoms. The number of nitrogens with one attached hydrogen (secondary N) is 1. The lowest BCUT2D eigenvalue weighted by molar-refractivity contribution is -0.125. The number of halogens is 1. The van der Waals surface area contributed by atoms with Gasteiger partial charge in [-0.25, -0.2) is 9.97 Å². The van der Waals surface area contributed by atoms with Gasteiger partial charge in [-0.3, -0.25) is 4.79 Å². The second-order valence-electron chi connectivity index (χ2n) is 4.53. The van der Waals surface area contributed by atoms with Crippen LogP contribution in [0.2, 0.25) is 0 Å². The Morgan fingerprint density at radius 3 is 2.56 bits per heavy atom. The van der Waals surface area contributed by atoms with Crippen molar-refractivity contribution in [2.24, 2.45) is 5.92 Å². The van der Waals surface area contributed by atoms with Crippen molar-refractivity contribution in [2.45, 2.75) is 46.1 Å². The van der Waals surface area contributed by atoms with Crippen LogP contribution in [0.25, 0.3) is 0 Å². The number of carbonyl (C=O) groups excluding carboxylic acids is 1. The molecule has 0 aliphatic rings. The molecule has 0 aliphatic heterocycles. The molecular weight excluding hydrogens is 294 g/mol. The van der Waals surface area contributed by atoms with Gasteiger partial charge in [0.1, 0.15) is 5.82 Å². The number of hydrogen-bond donors (Lipinski definition) is 1. The zero-order valence-corrected chi connectivity index (χ0v) is 12.7. The molecule has 100 valence electrons. The summed E-state index contributed by atoms with van der Waals surface area (Å²) in [7, 11) is 0. The van der Waals surface area contributed by atoms with Crippen molar-refractivity contribution in [3.63, 3.8) is 0 Å². The maximum Gasteiger partial charge on any atom is 0.223 e. The van der Waals surface area contributed by atoms with Crippen LogP contribution in [0, 0.1) is 5.92 Å². The summed E-state index contributed by atoms with van der Waals surface area (Å²) in [4.78, 5) is 20.3. The number of hydrogen-bond acceptors (Lipinski definition) is 3. The third-order valence-corrected chi connectivity index (χ3v) is 3.23. The summed E-state index contributed by atoms with van der Waals surface area (Å²) in [6.07, 6.45) is 6.49. The van der Waals surface area contributed by atoms with Crippen molar-refractivity contribution in [2.75, 3.05) is 0 Å². The Morgan fingerprint density at radius 2 is 2.00 bits per heavy atom. The van der Waals surface area contributed by atoms with E-state index in [9.17, 15) is 4.79 Å². The highest BCUT2D eigenvalue weighted by molar-refractivity contribution is 9.10. The average Bonchev–Trinajstić information content (AvgIpc) is 2.36. The molecule has 0 fully saturated rings. The molecule has 1 N–H and O–H groups in total. The van der Waals surface area contributed by atoms with Gasteiger partial charge in [0.25, 0.3) is 0 Å². The van der Waals surface area contributed by atoms with Gasteiger partial charge in [-0.2, -0.15) is 0 Å². The average molecular weight is 314 g/mol. The predicted octanol–water partition coefficient (Wildman–Crippen LogP) is 3.24. The number of aromatic nitrogens is 2. The van der Waals surface area contributed by atoms with Crippen molar-refractivity contribution in [1.29, 1.82) is 0 Å². The Labute approximate surface area is 117 Å². The molecule has 0 spiro atoms. The van der Waals surface area contributed by atoms with E-state index in [-0.39, 0.29) is 17.9 Å². The Kier molecular flexibility index (Phi) is 6.25. The first kappa shape index (κ1) is 15.1. The zero-order valence-electron chi connectivity index (χ0n) is 11.1. The fourth-order valence-electron chi connectivity index (χ4n) is 1.61. The molecule has 2 atom stereocenters. The van der Waals surface area contributed by atoms with Crippen LogP contribution < -0.4 is 5.32 Å². The molecule has 0 saturated heterocycles. The fraction of sp³-hybridized carbons (Fsp3) is 0.615. The van der Waals surface area contributed by atoms with E-state index < -0.39 is 0 Å². The monoisotopic (exact) mass is 313 g/mol.